The zero-order valence-corrected chi connectivity index (χ0v) is 9.54. The Kier molecular flexibility index (Phi) is 6.90. The van der Waals surface area contributed by atoms with Crippen LogP contribution in [0.15, 0.2) is 10.6 Å². The van der Waals surface area contributed by atoms with Gasteiger partial charge in [0.15, 0.2) is 0 Å². The lowest BCUT2D eigenvalue weighted by Gasteiger charge is -2.10. The quantitative estimate of drug-likeness (QED) is 0.389. The summed E-state index contributed by atoms with van der Waals surface area (Å²) in [5.74, 6) is 0. The molecule has 96 valence electrons. The number of nitroso groups, excluding NO2 is 2. The van der Waals surface area contributed by atoms with Gasteiger partial charge in [0.1, 0.15) is 0 Å². The fourth-order valence-corrected chi connectivity index (χ4v) is 0.782. The Bertz CT molecular complexity index is 268. The van der Waals surface area contributed by atoms with Crippen LogP contribution < -0.4 is 10.6 Å². The molecule has 0 aliphatic rings. The maximum Gasteiger partial charge on any atom is 0.340 e. The molecule has 4 amide bonds. The zero-order valence-electron chi connectivity index (χ0n) is 9.54. The molecule has 0 saturated carbocycles. The summed E-state index contributed by atoms with van der Waals surface area (Å²) in [7, 11) is 2.43. The number of urea groups is 2. The third kappa shape index (κ3) is 6.02. The molecule has 0 aliphatic carbocycles. The number of carbonyl (C=O) groups excluding carboxylic acids is 2. The van der Waals surface area contributed by atoms with Crippen LogP contribution in [0.1, 0.15) is 6.42 Å². The van der Waals surface area contributed by atoms with Gasteiger partial charge in [-0.15, -0.1) is 9.81 Å². The standard InChI is InChI=1S/C7H14N6O4/c1-12(10-16)6(14)8-4-3-5-9-7(15)13(2)11-17/h3-5H2,1-2H3,(H,8,14)(H,9,15). The summed E-state index contributed by atoms with van der Waals surface area (Å²) in [6, 6.07) is -1.25. The number of carbonyl (C=O) groups is 2. The Morgan fingerprint density at radius 2 is 1.29 bits per heavy atom. The highest BCUT2D eigenvalue weighted by Gasteiger charge is 2.08. The fourth-order valence-electron chi connectivity index (χ4n) is 0.782. The average Bonchev–Trinajstić information content (AvgIpc) is 2.35. The van der Waals surface area contributed by atoms with Crippen molar-refractivity contribution in [1.29, 1.82) is 0 Å². The molecule has 0 bridgehead atoms. The van der Waals surface area contributed by atoms with Crippen molar-refractivity contribution in [2.24, 2.45) is 10.6 Å². The first kappa shape index (κ1) is 14.7. The molecular formula is C7H14N6O4. The highest BCUT2D eigenvalue weighted by molar-refractivity contribution is 5.73. The minimum Gasteiger partial charge on any atom is -0.336 e. The predicted octanol–water partition coefficient (Wildman–Crippen LogP) is 0.0221. The van der Waals surface area contributed by atoms with Crippen LogP contribution in [-0.4, -0.2) is 49.3 Å². The van der Waals surface area contributed by atoms with Gasteiger partial charge in [-0.3, -0.25) is 0 Å². The number of rotatable bonds is 6. The van der Waals surface area contributed by atoms with Crippen LogP contribution in [0.3, 0.4) is 0 Å². The molecular weight excluding hydrogens is 232 g/mol. The van der Waals surface area contributed by atoms with E-state index in [2.05, 4.69) is 21.2 Å². The summed E-state index contributed by atoms with van der Waals surface area (Å²) < 4.78 is 0. The van der Waals surface area contributed by atoms with Gasteiger partial charge in [0.2, 0.25) is 0 Å². The number of hydrogen-bond donors (Lipinski definition) is 2. The third-order valence-corrected chi connectivity index (χ3v) is 1.74. The van der Waals surface area contributed by atoms with Gasteiger partial charge in [0, 0.05) is 27.2 Å². The van der Waals surface area contributed by atoms with Gasteiger partial charge in [-0.1, -0.05) is 0 Å². The van der Waals surface area contributed by atoms with Crippen molar-refractivity contribution in [1.82, 2.24) is 20.7 Å². The Morgan fingerprint density at radius 1 is 0.941 bits per heavy atom. The van der Waals surface area contributed by atoms with Crippen LogP contribution in [0, 0.1) is 9.81 Å². The molecule has 0 radical (unpaired) electrons. The maximum atomic E-state index is 11.0. The van der Waals surface area contributed by atoms with E-state index >= 15 is 0 Å². The van der Waals surface area contributed by atoms with E-state index in [4.69, 9.17) is 0 Å². The SMILES string of the molecule is CN(N=O)C(=O)NCCCNC(=O)N(C)N=O. The minimum atomic E-state index is -0.627. The Hall–Kier alpha value is -2.26. The largest absolute Gasteiger partial charge is 0.340 e. The average molecular weight is 246 g/mol. The van der Waals surface area contributed by atoms with E-state index in [-0.39, 0.29) is 13.1 Å². The lowest BCUT2D eigenvalue weighted by molar-refractivity contribution is 0.208. The summed E-state index contributed by atoms with van der Waals surface area (Å²) in [6.45, 7) is 0.522. The second-order valence-electron chi connectivity index (χ2n) is 3.03. The topological polar surface area (TPSA) is 124 Å². The van der Waals surface area contributed by atoms with Gasteiger partial charge in [-0.2, -0.15) is 10.0 Å². The molecule has 0 aromatic rings. The van der Waals surface area contributed by atoms with Crippen molar-refractivity contribution in [3.63, 3.8) is 0 Å². The lowest BCUT2D eigenvalue weighted by Crippen LogP contribution is -2.37. The van der Waals surface area contributed by atoms with E-state index in [0.717, 1.165) is 0 Å². The molecule has 0 heterocycles. The van der Waals surface area contributed by atoms with E-state index in [1.165, 1.54) is 14.1 Å². The van der Waals surface area contributed by atoms with Gasteiger partial charge in [0.25, 0.3) is 0 Å². The van der Waals surface area contributed by atoms with E-state index in [0.29, 0.717) is 16.4 Å². The Labute approximate surface area is 97.2 Å². The number of amides is 4. The molecule has 0 rings (SSSR count). The van der Waals surface area contributed by atoms with Gasteiger partial charge >= 0.3 is 12.1 Å². The monoisotopic (exact) mass is 246 g/mol. The molecule has 0 saturated heterocycles. The number of nitrogens with zero attached hydrogens (tertiary/aromatic N) is 4. The molecule has 10 nitrogen and oxygen atoms in total. The van der Waals surface area contributed by atoms with Crippen molar-refractivity contribution in [3.05, 3.63) is 9.81 Å². The molecule has 0 unspecified atom stereocenters. The van der Waals surface area contributed by atoms with Gasteiger partial charge in [-0.25, -0.2) is 9.59 Å². The van der Waals surface area contributed by atoms with E-state index in [9.17, 15) is 19.4 Å². The number of nitrogens with one attached hydrogen (secondary N) is 2. The summed E-state index contributed by atoms with van der Waals surface area (Å²) in [4.78, 5) is 41.9. The fraction of sp³-hybridized carbons (Fsp3) is 0.714. The van der Waals surface area contributed by atoms with Crippen LogP contribution in [-0.2, 0) is 0 Å². The first-order valence-electron chi connectivity index (χ1n) is 4.72. The number of hydrogen-bond acceptors (Lipinski definition) is 6. The smallest absolute Gasteiger partial charge is 0.336 e. The van der Waals surface area contributed by atoms with Crippen LogP contribution >= 0.6 is 0 Å². The predicted molar refractivity (Wildman–Crippen MR) is 58.5 cm³/mol. The molecule has 0 aliphatic heterocycles. The van der Waals surface area contributed by atoms with Gasteiger partial charge in [0.05, 0.1) is 10.6 Å². The van der Waals surface area contributed by atoms with Crippen LogP contribution in [0.25, 0.3) is 0 Å². The third-order valence-electron chi connectivity index (χ3n) is 1.74. The second-order valence-corrected chi connectivity index (χ2v) is 3.03. The van der Waals surface area contributed by atoms with E-state index < -0.39 is 12.1 Å². The van der Waals surface area contributed by atoms with Crippen molar-refractivity contribution < 1.29 is 9.59 Å². The molecule has 10 heteroatoms. The van der Waals surface area contributed by atoms with Crippen LogP contribution in [0.5, 0.6) is 0 Å². The summed E-state index contributed by atoms with van der Waals surface area (Å²) >= 11 is 0. The molecule has 0 atom stereocenters. The maximum absolute atomic E-state index is 11.0. The first-order valence-corrected chi connectivity index (χ1v) is 4.72. The summed E-state index contributed by atoms with van der Waals surface area (Å²) in [5, 5.41) is 10.8. The van der Waals surface area contributed by atoms with Crippen molar-refractivity contribution in [2.45, 2.75) is 6.42 Å². The molecule has 2 N–H and O–H groups in total. The normalized spacial score (nSPS) is 9.06. The van der Waals surface area contributed by atoms with Crippen LogP contribution in [0.2, 0.25) is 0 Å². The molecule has 0 fully saturated rings. The van der Waals surface area contributed by atoms with Crippen molar-refractivity contribution in [2.75, 3.05) is 27.2 Å². The Balaban J connectivity index is 3.59. The highest BCUT2D eigenvalue weighted by atomic mass is 16.3. The second kappa shape index (κ2) is 7.96. The van der Waals surface area contributed by atoms with E-state index in [1.54, 1.807) is 0 Å². The summed E-state index contributed by atoms with van der Waals surface area (Å²) in [6.07, 6.45) is 0.441. The molecule has 0 aromatic heterocycles. The van der Waals surface area contributed by atoms with Gasteiger partial charge in [-0.05, 0) is 6.42 Å². The van der Waals surface area contributed by atoms with Crippen LogP contribution in [0.4, 0.5) is 9.59 Å². The van der Waals surface area contributed by atoms with Gasteiger partial charge < -0.3 is 10.6 Å². The minimum absolute atomic E-state index is 0.261. The van der Waals surface area contributed by atoms with E-state index in [1.807, 2.05) is 0 Å². The highest BCUT2D eigenvalue weighted by Crippen LogP contribution is 1.86. The lowest BCUT2D eigenvalue weighted by atomic mass is 10.4. The molecule has 0 spiro atoms. The zero-order chi connectivity index (χ0) is 13.3. The Morgan fingerprint density at radius 3 is 1.59 bits per heavy atom. The molecule has 17 heavy (non-hydrogen) atoms. The first-order chi connectivity index (χ1) is 8.02. The van der Waals surface area contributed by atoms with Crippen molar-refractivity contribution in [3.8, 4) is 0 Å². The molecule has 0 aromatic carbocycles. The summed E-state index contributed by atoms with van der Waals surface area (Å²) in [5.41, 5.74) is 0. The van der Waals surface area contributed by atoms with Crippen molar-refractivity contribution >= 4 is 12.1 Å².